The van der Waals surface area contributed by atoms with Crippen molar-refractivity contribution in [3.05, 3.63) is 54.5 Å². The summed E-state index contributed by atoms with van der Waals surface area (Å²) in [4.78, 5) is 18.6. The number of rotatable bonds is 3. The molecule has 0 saturated carbocycles. The standard InChI is InChI=1S/C13H10N2O2/c16-13(17)5-4-10-2-1-3-11(8-10)12-9-14-6-7-15-12/h1-9H,(H,16,17)/b5-4+. The van der Waals surface area contributed by atoms with Crippen molar-refractivity contribution in [1.82, 2.24) is 9.97 Å². The summed E-state index contributed by atoms with van der Waals surface area (Å²) in [6.45, 7) is 0. The molecule has 0 radical (unpaired) electrons. The van der Waals surface area contributed by atoms with Crippen molar-refractivity contribution in [3.8, 4) is 11.3 Å². The molecule has 0 unspecified atom stereocenters. The van der Waals surface area contributed by atoms with Crippen LogP contribution in [0.2, 0.25) is 0 Å². The number of hydrogen-bond donors (Lipinski definition) is 1. The fraction of sp³-hybridized carbons (Fsp3) is 0. The van der Waals surface area contributed by atoms with Crippen molar-refractivity contribution in [2.24, 2.45) is 0 Å². The van der Waals surface area contributed by atoms with Crippen LogP contribution in [0.1, 0.15) is 5.56 Å². The highest BCUT2D eigenvalue weighted by molar-refractivity contribution is 5.85. The molecule has 0 aliphatic rings. The van der Waals surface area contributed by atoms with E-state index in [9.17, 15) is 4.79 Å². The van der Waals surface area contributed by atoms with Crippen molar-refractivity contribution >= 4 is 12.0 Å². The zero-order valence-electron chi connectivity index (χ0n) is 8.95. The summed E-state index contributed by atoms with van der Waals surface area (Å²) < 4.78 is 0. The Morgan fingerprint density at radius 2 is 2.18 bits per heavy atom. The van der Waals surface area contributed by atoms with Gasteiger partial charge in [-0.1, -0.05) is 18.2 Å². The Morgan fingerprint density at radius 3 is 2.88 bits per heavy atom. The van der Waals surface area contributed by atoms with Crippen molar-refractivity contribution < 1.29 is 9.90 Å². The van der Waals surface area contributed by atoms with Gasteiger partial charge in [0.15, 0.2) is 0 Å². The zero-order valence-corrected chi connectivity index (χ0v) is 8.95. The highest BCUT2D eigenvalue weighted by Gasteiger charge is 1.99. The van der Waals surface area contributed by atoms with Gasteiger partial charge in [-0.15, -0.1) is 0 Å². The minimum absolute atomic E-state index is 0.762. The van der Waals surface area contributed by atoms with Crippen LogP contribution < -0.4 is 0 Å². The molecule has 0 amide bonds. The molecule has 84 valence electrons. The largest absolute Gasteiger partial charge is 0.478 e. The van der Waals surface area contributed by atoms with Crippen LogP contribution in [0.5, 0.6) is 0 Å². The van der Waals surface area contributed by atoms with E-state index in [0.717, 1.165) is 22.9 Å². The lowest BCUT2D eigenvalue weighted by Gasteiger charge is -2.00. The number of carboxylic acid groups (broad SMARTS) is 1. The summed E-state index contributed by atoms with van der Waals surface area (Å²) in [5.41, 5.74) is 2.49. The fourth-order valence-electron chi connectivity index (χ4n) is 1.42. The first-order valence-electron chi connectivity index (χ1n) is 5.03. The van der Waals surface area contributed by atoms with Gasteiger partial charge in [0.1, 0.15) is 0 Å². The van der Waals surface area contributed by atoms with E-state index in [4.69, 9.17) is 5.11 Å². The quantitative estimate of drug-likeness (QED) is 0.815. The second-order valence-electron chi connectivity index (χ2n) is 3.39. The van der Waals surface area contributed by atoms with Crippen LogP contribution >= 0.6 is 0 Å². The summed E-state index contributed by atoms with van der Waals surface area (Å²) in [6, 6.07) is 7.45. The highest BCUT2D eigenvalue weighted by Crippen LogP contribution is 2.17. The molecule has 2 aromatic rings. The Hall–Kier alpha value is -2.49. The lowest BCUT2D eigenvalue weighted by Crippen LogP contribution is -1.87. The van der Waals surface area contributed by atoms with Crippen LogP contribution in [0.15, 0.2) is 48.9 Å². The normalized spacial score (nSPS) is 10.6. The van der Waals surface area contributed by atoms with Crippen LogP contribution in [0, 0.1) is 0 Å². The first-order valence-corrected chi connectivity index (χ1v) is 5.03. The van der Waals surface area contributed by atoms with Crippen molar-refractivity contribution in [3.63, 3.8) is 0 Å². The molecule has 0 bridgehead atoms. The number of nitrogens with zero attached hydrogens (tertiary/aromatic N) is 2. The Kier molecular flexibility index (Phi) is 3.25. The Morgan fingerprint density at radius 1 is 1.29 bits per heavy atom. The molecule has 0 aliphatic carbocycles. The summed E-state index contributed by atoms with van der Waals surface area (Å²) in [7, 11) is 0. The van der Waals surface area contributed by atoms with Crippen molar-refractivity contribution in [2.45, 2.75) is 0 Å². The van der Waals surface area contributed by atoms with E-state index in [1.165, 1.54) is 0 Å². The molecule has 1 aromatic carbocycles. The summed E-state index contributed by atoms with van der Waals surface area (Å²) in [5.74, 6) is -0.963. The molecule has 0 fully saturated rings. The van der Waals surface area contributed by atoms with Gasteiger partial charge < -0.3 is 5.11 Å². The molecule has 0 aliphatic heterocycles. The smallest absolute Gasteiger partial charge is 0.328 e. The van der Waals surface area contributed by atoms with Gasteiger partial charge in [0, 0.05) is 24.0 Å². The van der Waals surface area contributed by atoms with E-state index in [0.29, 0.717) is 0 Å². The molecule has 1 N–H and O–H groups in total. The maximum atomic E-state index is 10.4. The maximum Gasteiger partial charge on any atom is 0.328 e. The van der Waals surface area contributed by atoms with Crippen molar-refractivity contribution in [2.75, 3.05) is 0 Å². The molecular formula is C13H10N2O2. The molecule has 4 nitrogen and oxygen atoms in total. The fourth-order valence-corrected chi connectivity index (χ4v) is 1.42. The van der Waals surface area contributed by atoms with E-state index < -0.39 is 5.97 Å². The first-order chi connectivity index (χ1) is 8.25. The molecule has 4 heteroatoms. The minimum Gasteiger partial charge on any atom is -0.478 e. The van der Waals surface area contributed by atoms with E-state index in [1.807, 2.05) is 24.3 Å². The lowest BCUT2D eigenvalue weighted by molar-refractivity contribution is -0.131. The molecule has 2 rings (SSSR count). The lowest BCUT2D eigenvalue weighted by atomic mass is 10.1. The van der Waals surface area contributed by atoms with Gasteiger partial charge in [-0.2, -0.15) is 0 Å². The van der Waals surface area contributed by atoms with Gasteiger partial charge in [0.05, 0.1) is 11.9 Å². The van der Waals surface area contributed by atoms with E-state index in [1.54, 1.807) is 24.7 Å². The van der Waals surface area contributed by atoms with Crippen LogP contribution in [0.3, 0.4) is 0 Å². The SMILES string of the molecule is O=C(O)/C=C/c1cccc(-c2cnccn2)c1. The molecule has 0 spiro atoms. The third-order valence-electron chi connectivity index (χ3n) is 2.16. The monoisotopic (exact) mass is 226 g/mol. The average molecular weight is 226 g/mol. The van der Waals surface area contributed by atoms with Crippen LogP contribution in [0.25, 0.3) is 17.3 Å². The average Bonchev–Trinajstić information content (AvgIpc) is 2.38. The van der Waals surface area contributed by atoms with Gasteiger partial charge >= 0.3 is 5.97 Å². The number of aliphatic carboxylic acids is 1. The van der Waals surface area contributed by atoms with E-state index in [2.05, 4.69) is 9.97 Å². The molecule has 0 atom stereocenters. The van der Waals surface area contributed by atoms with E-state index in [-0.39, 0.29) is 0 Å². The van der Waals surface area contributed by atoms with Gasteiger partial charge in [-0.25, -0.2) is 4.79 Å². The van der Waals surface area contributed by atoms with E-state index >= 15 is 0 Å². The topological polar surface area (TPSA) is 63.1 Å². The number of carboxylic acids is 1. The second kappa shape index (κ2) is 5.03. The first kappa shape index (κ1) is 11.0. The predicted molar refractivity (Wildman–Crippen MR) is 64.1 cm³/mol. The third kappa shape index (κ3) is 2.98. The predicted octanol–water partition coefficient (Wildman–Crippen LogP) is 2.24. The minimum atomic E-state index is -0.963. The number of benzene rings is 1. The molecular weight excluding hydrogens is 216 g/mol. The summed E-state index contributed by atoms with van der Waals surface area (Å²) >= 11 is 0. The van der Waals surface area contributed by atoms with Gasteiger partial charge in [0.2, 0.25) is 0 Å². The third-order valence-corrected chi connectivity index (χ3v) is 2.16. The maximum absolute atomic E-state index is 10.4. The summed E-state index contributed by atoms with van der Waals surface area (Å²) in [6.07, 6.45) is 7.55. The Bertz CT molecular complexity index is 550. The number of hydrogen-bond acceptors (Lipinski definition) is 3. The summed E-state index contributed by atoms with van der Waals surface area (Å²) in [5, 5.41) is 8.55. The van der Waals surface area contributed by atoms with Crippen LogP contribution in [-0.2, 0) is 4.79 Å². The number of aromatic nitrogens is 2. The Labute approximate surface area is 98.3 Å². The molecule has 1 heterocycles. The second-order valence-corrected chi connectivity index (χ2v) is 3.39. The van der Waals surface area contributed by atoms with Gasteiger partial charge in [-0.3, -0.25) is 9.97 Å². The molecule has 0 saturated heterocycles. The highest BCUT2D eigenvalue weighted by atomic mass is 16.4. The van der Waals surface area contributed by atoms with Gasteiger partial charge in [-0.05, 0) is 17.7 Å². The number of carbonyl (C=O) groups is 1. The molecule has 1 aromatic heterocycles. The Balaban J connectivity index is 2.32. The zero-order chi connectivity index (χ0) is 12.1. The molecule has 17 heavy (non-hydrogen) atoms. The van der Waals surface area contributed by atoms with Crippen LogP contribution in [0.4, 0.5) is 0 Å². The van der Waals surface area contributed by atoms with Crippen molar-refractivity contribution in [1.29, 1.82) is 0 Å². The van der Waals surface area contributed by atoms with Crippen LogP contribution in [-0.4, -0.2) is 21.0 Å². The van der Waals surface area contributed by atoms with Gasteiger partial charge in [0.25, 0.3) is 0 Å².